The van der Waals surface area contributed by atoms with Crippen LogP contribution in [0.25, 0.3) is 0 Å². The molecule has 2 aliphatic rings. The van der Waals surface area contributed by atoms with Crippen molar-refractivity contribution in [3.8, 4) is 5.75 Å². The van der Waals surface area contributed by atoms with Crippen LogP contribution >= 0.6 is 0 Å². The number of hydrogen-bond acceptors (Lipinski definition) is 5. The van der Waals surface area contributed by atoms with E-state index in [9.17, 15) is 13.2 Å². The molecule has 1 aliphatic heterocycles. The molecule has 2 heterocycles. The van der Waals surface area contributed by atoms with E-state index in [2.05, 4.69) is 26.6 Å². The molecule has 10 heteroatoms. The van der Waals surface area contributed by atoms with Crippen LogP contribution < -0.4 is 4.74 Å². The van der Waals surface area contributed by atoms with Gasteiger partial charge >= 0.3 is 12.1 Å². The lowest BCUT2D eigenvalue weighted by atomic mass is 10.2. The van der Waals surface area contributed by atoms with Crippen molar-refractivity contribution >= 4 is 5.97 Å². The summed E-state index contributed by atoms with van der Waals surface area (Å²) in [6.45, 7) is 5.59. The molecule has 7 nitrogen and oxygen atoms in total. The number of methoxy groups -OCH3 is 1. The van der Waals surface area contributed by atoms with Crippen molar-refractivity contribution in [1.29, 1.82) is 0 Å². The van der Waals surface area contributed by atoms with Gasteiger partial charge in [-0.15, -0.1) is 0 Å². The monoisotopic (exact) mass is 455 g/mol. The molecular weight excluding hydrogens is 427 g/mol. The zero-order chi connectivity index (χ0) is 23.1. The van der Waals surface area contributed by atoms with Crippen LogP contribution in [0.15, 0.2) is 30.6 Å². The molecule has 0 saturated heterocycles. The van der Waals surface area contributed by atoms with Crippen molar-refractivity contribution in [1.82, 2.24) is 14.5 Å². The molecule has 1 aromatic heterocycles. The summed E-state index contributed by atoms with van der Waals surface area (Å²) in [6.07, 6.45) is 0.720. The first-order valence-electron chi connectivity index (χ1n) is 10.5. The summed E-state index contributed by atoms with van der Waals surface area (Å²) in [5, 5.41) is 7.12. The predicted octanol–water partition coefficient (Wildman–Crippen LogP) is 3.86. The zero-order valence-electron chi connectivity index (χ0n) is 18.0. The summed E-state index contributed by atoms with van der Waals surface area (Å²) in [5.74, 6) is -1.05. The third kappa shape index (κ3) is 7.23. The Labute approximate surface area is 184 Å². The second kappa shape index (κ2) is 10.8. The summed E-state index contributed by atoms with van der Waals surface area (Å²) in [6, 6.07) is 8.38. The maximum Gasteiger partial charge on any atom is 0.490 e. The maximum absolute atomic E-state index is 10.6. The van der Waals surface area contributed by atoms with Gasteiger partial charge in [0.25, 0.3) is 0 Å². The molecule has 0 bridgehead atoms. The van der Waals surface area contributed by atoms with Gasteiger partial charge < -0.3 is 19.1 Å². The van der Waals surface area contributed by atoms with Gasteiger partial charge in [0.2, 0.25) is 0 Å². The molecule has 4 rings (SSSR count). The summed E-state index contributed by atoms with van der Waals surface area (Å²) in [4.78, 5) is 16.0. The number of fused-ring (bicyclic) bond motifs is 1. The summed E-state index contributed by atoms with van der Waals surface area (Å²) in [5.41, 5.74) is 3.75. The number of ether oxygens (including phenoxy) is 2. The van der Waals surface area contributed by atoms with Gasteiger partial charge in [0.15, 0.2) is 0 Å². The van der Waals surface area contributed by atoms with Crippen molar-refractivity contribution < 1.29 is 32.5 Å². The van der Waals surface area contributed by atoms with Gasteiger partial charge in [0.1, 0.15) is 5.75 Å². The van der Waals surface area contributed by atoms with Crippen molar-refractivity contribution in [2.75, 3.05) is 20.3 Å². The van der Waals surface area contributed by atoms with Crippen LogP contribution in [-0.2, 0) is 35.8 Å². The number of carboxylic acids is 1. The van der Waals surface area contributed by atoms with Gasteiger partial charge in [0, 0.05) is 32.8 Å². The molecule has 0 amide bonds. The second-order valence-electron chi connectivity index (χ2n) is 8.01. The molecule has 0 atom stereocenters. The number of aliphatic carboxylic acids is 1. The number of rotatable bonds is 7. The van der Waals surface area contributed by atoms with Crippen LogP contribution in [0.3, 0.4) is 0 Å². The number of imidazole rings is 1. The van der Waals surface area contributed by atoms with E-state index in [1.807, 2.05) is 18.5 Å². The number of hydrogen-bond donors (Lipinski definition) is 1. The van der Waals surface area contributed by atoms with Crippen molar-refractivity contribution in [2.45, 2.75) is 51.7 Å². The smallest absolute Gasteiger partial charge is 0.490 e. The van der Waals surface area contributed by atoms with Crippen LogP contribution in [0, 0.1) is 5.92 Å². The topological polar surface area (TPSA) is 76.8 Å². The minimum absolute atomic E-state index is 0.648. The molecule has 1 aliphatic carbocycles. The molecule has 0 unspecified atom stereocenters. The third-order valence-electron chi connectivity index (χ3n) is 5.38. The highest BCUT2D eigenvalue weighted by molar-refractivity contribution is 5.73. The van der Waals surface area contributed by atoms with E-state index >= 15 is 0 Å². The van der Waals surface area contributed by atoms with Gasteiger partial charge in [-0.25, -0.2) is 9.78 Å². The molecule has 1 N–H and O–H groups in total. The molecule has 0 spiro atoms. The van der Waals surface area contributed by atoms with Crippen molar-refractivity contribution in [3.05, 3.63) is 47.5 Å². The highest BCUT2D eigenvalue weighted by Crippen LogP contribution is 2.29. The lowest BCUT2D eigenvalue weighted by Crippen LogP contribution is -2.23. The molecular formula is C22H28F3N3O4. The lowest BCUT2D eigenvalue weighted by molar-refractivity contribution is -0.192. The summed E-state index contributed by atoms with van der Waals surface area (Å²) >= 11 is 0. The number of alkyl halides is 3. The Balaban J connectivity index is 0.000000360. The van der Waals surface area contributed by atoms with Crippen molar-refractivity contribution in [3.63, 3.8) is 0 Å². The maximum atomic E-state index is 10.6. The third-order valence-corrected chi connectivity index (χ3v) is 5.38. The average Bonchev–Trinajstić information content (AvgIpc) is 3.53. The summed E-state index contributed by atoms with van der Waals surface area (Å²) < 4.78 is 45.2. The normalized spacial score (nSPS) is 16.5. The van der Waals surface area contributed by atoms with Gasteiger partial charge in [-0.1, -0.05) is 12.1 Å². The van der Waals surface area contributed by atoms with Gasteiger partial charge in [-0.3, -0.25) is 4.90 Å². The van der Waals surface area contributed by atoms with Crippen LogP contribution in [0.4, 0.5) is 13.2 Å². The molecule has 32 heavy (non-hydrogen) atoms. The highest BCUT2D eigenvalue weighted by Gasteiger charge is 2.38. The van der Waals surface area contributed by atoms with E-state index in [1.54, 1.807) is 7.11 Å². The number of carboxylic acid groups (broad SMARTS) is 1. The predicted molar refractivity (Wildman–Crippen MR) is 110 cm³/mol. The Morgan fingerprint density at radius 3 is 2.50 bits per heavy atom. The molecule has 1 saturated carbocycles. The highest BCUT2D eigenvalue weighted by atomic mass is 19.4. The fraction of sp³-hybridized carbons (Fsp3) is 0.545. The minimum Gasteiger partial charge on any atom is -0.497 e. The van der Waals surface area contributed by atoms with E-state index in [1.165, 1.54) is 24.1 Å². The van der Waals surface area contributed by atoms with Crippen LogP contribution in [0.1, 0.15) is 36.2 Å². The Bertz CT molecular complexity index is 880. The molecule has 0 radical (unpaired) electrons. The van der Waals surface area contributed by atoms with Gasteiger partial charge in [-0.05, 0) is 42.9 Å². The Morgan fingerprint density at radius 2 is 1.91 bits per heavy atom. The SMILES string of the molecule is COc1ccc(CN2CCCn3cnc(COCC4CC4)c3C2)cc1.O=C(O)C(F)(F)F. The number of benzene rings is 1. The summed E-state index contributed by atoms with van der Waals surface area (Å²) in [7, 11) is 1.71. The first kappa shape index (κ1) is 24.1. The Morgan fingerprint density at radius 1 is 1.22 bits per heavy atom. The van der Waals surface area contributed by atoms with E-state index in [-0.39, 0.29) is 0 Å². The lowest BCUT2D eigenvalue weighted by Gasteiger charge is -2.20. The Hall–Kier alpha value is -2.59. The largest absolute Gasteiger partial charge is 0.497 e. The average molecular weight is 455 g/mol. The van der Waals surface area contributed by atoms with E-state index in [0.717, 1.165) is 56.6 Å². The molecule has 1 fully saturated rings. The fourth-order valence-corrected chi connectivity index (χ4v) is 3.43. The van der Waals surface area contributed by atoms with Crippen LogP contribution in [0.2, 0.25) is 0 Å². The number of carbonyl (C=O) groups is 1. The zero-order valence-corrected chi connectivity index (χ0v) is 18.0. The van der Waals surface area contributed by atoms with E-state index in [0.29, 0.717) is 6.61 Å². The first-order chi connectivity index (χ1) is 15.3. The van der Waals surface area contributed by atoms with Crippen molar-refractivity contribution in [2.24, 2.45) is 5.92 Å². The van der Waals surface area contributed by atoms with Crippen LogP contribution in [0.5, 0.6) is 5.75 Å². The van der Waals surface area contributed by atoms with Gasteiger partial charge in [-0.2, -0.15) is 13.2 Å². The van der Waals surface area contributed by atoms with E-state index in [4.69, 9.17) is 19.4 Å². The molecule has 1 aromatic carbocycles. The van der Waals surface area contributed by atoms with Gasteiger partial charge in [0.05, 0.1) is 31.4 Å². The van der Waals surface area contributed by atoms with E-state index < -0.39 is 12.1 Å². The quantitative estimate of drug-likeness (QED) is 0.683. The number of aromatic nitrogens is 2. The standard InChI is InChI=1S/C20H27N3O2.C2HF3O2/c1-24-18-7-5-16(6-8-18)11-22-9-2-10-23-15-21-19(20(23)12-22)14-25-13-17-3-4-17;3-2(4,5)1(6)7/h5-8,15,17H,2-4,9-14H2,1H3;(H,6,7). The fourth-order valence-electron chi connectivity index (χ4n) is 3.43. The number of nitrogens with zero attached hydrogens (tertiary/aromatic N) is 3. The minimum atomic E-state index is -5.08. The number of halogens is 3. The number of aryl methyl sites for hydroxylation is 1. The first-order valence-corrected chi connectivity index (χ1v) is 10.5. The Kier molecular flexibility index (Phi) is 8.14. The molecule has 2 aromatic rings. The second-order valence-corrected chi connectivity index (χ2v) is 8.01. The molecule has 176 valence electrons. The van der Waals surface area contributed by atoms with Crippen LogP contribution in [-0.4, -0.2) is 52.0 Å².